The van der Waals surface area contributed by atoms with Crippen molar-refractivity contribution >= 4 is 17.3 Å². The standard InChI is InChI=1S/C13H16N2O4/c1-9-3-2-6-14(8-9)12-5-4-10(15(18)19)7-11(12)13(16)17/h4-5,7,9H,2-3,6,8H2,1H3,(H,16,17)/t9-/m1/s1. The molecule has 1 aliphatic rings. The van der Waals surface area contributed by atoms with Crippen LogP contribution in [0.2, 0.25) is 0 Å². The maximum Gasteiger partial charge on any atom is 0.338 e. The predicted octanol–water partition coefficient (Wildman–Crippen LogP) is 2.53. The average molecular weight is 264 g/mol. The molecule has 1 saturated heterocycles. The zero-order valence-corrected chi connectivity index (χ0v) is 10.7. The van der Waals surface area contributed by atoms with Crippen molar-refractivity contribution in [3.8, 4) is 0 Å². The summed E-state index contributed by atoms with van der Waals surface area (Å²) >= 11 is 0. The number of anilines is 1. The van der Waals surface area contributed by atoms with E-state index < -0.39 is 10.9 Å². The molecule has 1 aromatic rings. The lowest BCUT2D eigenvalue weighted by Crippen LogP contribution is -2.35. The molecule has 102 valence electrons. The molecule has 1 heterocycles. The van der Waals surface area contributed by atoms with Gasteiger partial charge in [-0.2, -0.15) is 0 Å². The number of hydrogen-bond donors (Lipinski definition) is 1. The van der Waals surface area contributed by atoms with E-state index in [0.717, 1.165) is 32.0 Å². The maximum absolute atomic E-state index is 11.3. The van der Waals surface area contributed by atoms with Gasteiger partial charge in [-0.05, 0) is 24.8 Å². The highest BCUT2D eigenvalue weighted by molar-refractivity contribution is 5.95. The van der Waals surface area contributed by atoms with E-state index >= 15 is 0 Å². The van der Waals surface area contributed by atoms with Crippen molar-refractivity contribution in [1.82, 2.24) is 0 Å². The molecule has 0 radical (unpaired) electrons. The van der Waals surface area contributed by atoms with E-state index in [2.05, 4.69) is 6.92 Å². The zero-order chi connectivity index (χ0) is 14.0. The molecule has 0 aromatic heterocycles. The van der Waals surface area contributed by atoms with Crippen LogP contribution < -0.4 is 4.90 Å². The molecule has 0 saturated carbocycles. The van der Waals surface area contributed by atoms with Crippen LogP contribution in [0.1, 0.15) is 30.1 Å². The third-order valence-corrected chi connectivity index (χ3v) is 3.42. The van der Waals surface area contributed by atoms with Crippen molar-refractivity contribution in [1.29, 1.82) is 0 Å². The fraction of sp³-hybridized carbons (Fsp3) is 0.462. The van der Waals surface area contributed by atoms with Crippen LogP contribution in [0.5, 0.6) is 0 Å². The minimum absolute atomic E-state index is 0.00306. The summed E-state index contributed by atoms with van der Waals surface area (Å²) in [5, 5.41) is 19.9. The summed E-state index contributed by atoms with van der Waals surface area (Å²) in [6.45, 7) is 3.71. The zero-order valence-electron chi connectivity index (χ0n) is 10.7. The van der Waals surface area contributed by atoms with Gasteiger partial charge in [-0.3, -0.25) is 10.1 Å². The number of nitrogens with zero attached hydrogens (tertiary/aromatic N) is 2. The third kappa shape index (κ3) is 2.83. The molecule has 1 N–H and O–H groups in total. The number of non-ortho nitro benzene ring substituents is 1. The second-order valence-corrected chi connectivity index (χ2v) is 4.96. The Balaban J connectivity index is 2.38. The summed E-state index contributed by atoms with van der Waals surface area (Å²) in [4.78, 5) is 23.4. The van der Waals surface area contributed by atoms with E-state index in [1.165, 1.54) is 6.07 Å². The Labute approximate surface area is 110 Å². The molecular weight excluding hydrogens is 248 g/mol. The molecule has 2 rings (SSSR count). The molecule has 0 unspecified atom stereocenters. The van der Waals surface area contributed by atoms with Crippen LogP contribution >= 0.6 is 0 Å². The molecule has 1 atom stereocenters. The van der Waals surface area contributed by atoms with Crippen LogP contribution in [0.25, 0.3) is 0 Å². The van der Waals surface area contributed by atoms with Gasteiger partial charge >= 0.3 is 5.97 Å². The number of rotatable bonds is 3. The van der Waals surface area contributed by atoms with Crippen molar-refractivity contribution in [2.75, 3.05) is 18.0 Å². The van der Waals surface area contributed by atoms with Crippen LogP contribution in [0, 0.1) is 16.0 Å². The SMILES string of the molecule is C[C@@H]1CCCN(c2ccc([N+](=O)[O-])cc2C(=O)O)C1. The van der Waals surface area contributed by atoms with Gasteiger partial charge in [0.15, 0.2) is 0 Å². The van der Waals surface area contributed by atoms with Gasteiger partial charge in [0, 0.05) is 25.2 Å². The van der Waals surface area contributed by atoms with Crippen molar-refractivity contribution in [3.05, 3.63) is 33.9 Å². The molecule has 6 heteroatoms. The Kier molecular flexibility index (Phi) is 3.69. The highest BCUT2D eigenvalue weighted by atomic mass is 16.6. The Morgan fingerprint density at radius 3 is 2.84 bits per heavy atom. The Morgan fingerprint density at radius 2 is 2.26 bits per heavy atom. The summed E-state index contributed by atoms with van der Waals surface area (Å²) in [5.74, 6) is -0.623. The predicted molar refractivity (Wildman–Crippen MR) is 70.7 cm³/mol. The van der Waals surface area contributed by atoms with Crippen LogP contribution in [-0.4, -0.2) is 29.1 Å². The van der Waals surface area contributed by atoms with Crippen LogP contribution in [0.3, 0.4) is 0 Å². The number of aromatic carboxylic acids is 1. The van der Waals surface area contributed by atoms with Crippen molar-refractivity contribution in [2.45, 2.75) is 19.8 Å². The average Bonchev–Trinajstić information content (AvgIpc) is 2.37. The molecule has 0 amide bonds. The van der Waals surface area contributed by atoms with Crippen molar-refractivity contribution in [2.24, 2.45) is 5.92 Å². The number of hydrogen-bond acceptors (Lipinski definition) is 4. The fourth-order valence-electron chi connectivity index (χ4n) is 2.49. The van der Waals surface area contributed by atoms with Crippen LogP contribution in [-0.2, 0) is 0 Å². The minimum atomic E-state index is -1.13. The maximum atomic E-state index is 11.3. The normalized spacial score (nSPS) is 19.2. The van der Waals surface area contributed by atoms with Gasteiger partial charge < -0.3 is 10.0 Å². The van der Waals surface area contributed by atoms with Crippen LogP contribution in [0.15, 0.2) is 18.2 Å². The first kappa shape index (κ1) is 13.3. The smallest absolute Gasteiger partial charge is 0.338 e. The van der Waals surface area contributed by atoms with E-state index in [1.54, 1.807) is 6.07 Å². The second-order valence-electron chi connectivity index (χ2n) is 4.96. The summed E-state index contributed by atoms with van der Waals surface area (Å²) in [5.41, 5.74) is 0.388. The largest absolute Gasteiger partial charge is 0.478 e. The lowest BCUT2D eigenvalue weighted by Gasteiger charge is -2.33. The van der Waals surface area contributed by atoms with Gasteiger partial charge in [0.05, 0.1) is 16.2 Å². The lowest BCUT2D eigenvalue weighted by atomic mass is 9.98. The second kappa shape index (κ2) is 5.26. The Hall–Kier alpha value is -2.11. The number of benzene rings is 1. The highest BCUT2D eigenvalue weighted by Gasteiger charge is 2.23. The first-order valence-electron chi connectivity index (χ1n) is 6.25. The molecule has 1 aromatic carbocycles. The molecule has 1 aliphatic heterocycles. The molecule has 0 spiro atoms. The first-order chi connectivity index (χ1) is 8.99. The highest BCUT2D eigenvalue weighted by Crippen LogP contribution is 2.29. The summed E-state index contributed by atoms with van der Waals surface area (Å²) in [6, 6.07) is 4.04. The number of nitro groups is 1. The number of carbonyl (C=O) groups is 1. The first-order valence-corrected chi connectivity index (χ1v) is 6.25. The van der Waals surface area contributed by atoms with E-state index in [9.17, 15) is 20.0 Å². The topological polar surface area (TPSA) is 83.7 Å². The number of carboxylic acids is 1. The quantitative estimate of drug-likeness (QED) is 0.670. The van der Waals surface area contributed by atoms with E-state index in [1.807, 2.05) is 4.90 Å². The van der Waals surface area contributed by atoms with Gasteiger partial charge in [-0.1, -0.05) is 6.92 Å². The molecule has 0 bridgehead atoms. The van der Waals surface area contributed by atoms with Gasteiger partial charge in [0.1, 0.15) is 0 Å². The Morgan fingerprint density at radius 1 is 1.53 bits per heavy atom. The van der Waals surface area contributed by atoms with Gasteiger partial charge in [0.25, 0.3) is 5.69 Å². The van der Waals surface area contributed by atoms with E-state index in [-0.39, 0.29) is 11.3 Å². The molecule has 1 fully saturated rings. The fourth-order valence-corrected chi connectivity index (χ4v) is 2.49. The molecule has 6 nitrogen and oxygen atoms in total. The third-order valence-electron chi connectivity index (χ3n) is 3.42. The van der Waals surface area contributed by atoms with Gasteiger partial charge in [-0.25, -0.2) is 4.79 Å². The number of piperidine rings is 1. The monoisotopic (exact) mass is 264 g/mol. The van der Waals surface area contributed by atoms with Gasteiger partial charge in [0.2, 0.25) is 0 Å². The summed E-state index contributed by atoms with van der Waals surface area (Å²) in [6.07, 6.45) is 2.14. The van der Waals surface area contributed by atoms with Gasteiger partial charge in [-0.15, -0.1) is 0 Å². The van der Waals surface area contributed by atoms with E-state index in [0.29, 0.717) is 11.6 Å². The summed E-state index contributed by atoms with van der Waals surface area (Å²) < 4.78 is 0. The number of nitro benzene ring substituents is 1. The van der Waals surface area contributed by atoms with E-state index in [4.69, 9.17) is 0 Å². The van der Waals surface area contributed by atoms with Crippen molar-refractivity contribution in [3.63, 3.8) is 0 Å². The lowest BCUT2D eigenvalue weighted by molar-refractivity contribution is -0.384. The summed E-state index contributed by atoms with van der Waals surface area (Å²) in [7, 11) is 0. The molecular formula is C13H16N2O4. The van der Waals surface area contributed by atoms with Crippen LogP contribution in [0.4, 0.5) is 11.4 Å². The minimum Gasteiger partial charge on any atom is -0.478 e. The number of carboxylic acid groups (broad SMARTS) is 1. The van der Waals surface area contributed by atoms with Crippen molar-refractivity contribution < 1.29 is 14.8 Å². The Bertz CT molecular complexity index is 515. The molecule has 19 heavy (non-hydrogen) atoms. The molecule has 0 aliphatic carbocycles.